The molecule has 1 aliphatic rings. The van der Waals surface area contributed by atoms with E-state index < -0.39 is 0 Å². The van der Waals surface area contributed by atoms with Gasteiger partial charge in [-0.25, -0.2) is 14.3 Å². The summed E-state index contributed by atoms with van der Waals surface area (Å²) >= 11 is 0. The Morgan fingerprint density at radius 3 is 3.00 bits per heavy atom. The molecule has 6 heteroatoms. The largest absolute Gasteiger partial charge is 0.465 e. The fourth-order valence-electron chi connectivity index (χ4n) is 3.25. The highest BCUT2D eigenvalue weighted by Gasteiger charge is 2.23. The summed E-state index contributed by atoms with van der Waals surface area (Å²) in [5, 5.41) is 4.53. The molecule has 0 N–H and O–H groups in total. The van der Waals surface area contributed by atoms with Crippen LogP contribution < -0.4 is 0 Å². The monoisotopic (exact) mass is 316 g/mol. The molecule has 0 saturated carbocycles. The molecule has 2 aromatic heterocycles. The number of carbonyl (C=O) groups is 1. The van der Waals surface area contributed by atoms with Crippen LogP contribution in [0.25, 0.3) is 5.65 Å². The molecule has 0 bridgehead atoms. The van der Waals surface area contributed by atoms with Crippen LogP contribution in [0, 0.1) is 5.92 Å². The van der Waals surface area contributed by atoms with Gasteiger partial charge in [-0.05, 0) is 51.3 Å². The Balaban J connectivity index is 1.74. The second-order valence-corrected chi connectivity index (χ2v) is 6.54. The van der Waals surface area contributed by atoms with Gasteiger partial charge in [-0.3, -0.25) is 0 Å². The maximum Gasteiger partial charge on any atom is 0.339 e. The van der Waals surface area contributed by atoms with E-state index in [9.17, 15) is 4.79 Å². The third-order valence-electron chi connectivity index (χ3n) is 4.55. The van der Waals surface area contributed by atoms with Crippen molar-refractivity contribution in [3.8, 4) is 0 Å². The van der Waals surface area contributed by atoms with Crippen molar-refractivity contribution < 1.29 is 9.53 Å². The maximum absolute atomic E-state index is 11.6. The van der Waals surface area contributed by atoms with Crippen molar-refractivity contribution in [2.24, 2.45) is 5.92 Å². The lowest BCUT2D eigenvalue weighted by atomic mass is 9.94. The lowest BCUT2D eigenvalue weighted by Crippen LogP contribution is -2.40. The Morgan fingerprint density at radius 1 is 1.43 bits per heavy atom. The minimum Gasteiger partial charge on any atom is -0.465 e. The number of rotatable bonds is 4. The molecule has 3 heterocycles. The number of nitrogens with zero attached hydrogens (tertiary/aromatic N) is 4. The Morgan fingerprint density at radius 2 is 2.26 bits per heavy atom. The van der Waals surface area contributed by atoms with Gasteiger partial charge >= 0.3 is 5.97 Å². The van der Waals surface area contributed by atoms with Gasteiger partial charge in [-0.2, -0.15) is 5.10 Å². The zero-order valence-electron chi connectivity index (χ0n) is 14.0. The first-order chi connectivity index (χ1) is 11.1. The van der Waals surface area contributed by atoms with E-state index in [2.05, 4.69) is 28.8 Å². The highest BCUT2D eigenvalue weighted by molar-refractivity contribution is 5.89. The van der Waals surface area contributed by atoms with Crippen LogP contribution in [0.1, 0.15) is 42.9 Å². The minimum atomic E-state index is -0.358. The van der Waals surface area contributed by atoms with Gasteiger partial charge in [-0.15, -0.1) is 0 Å². The number of carbonyl (C=O) groups excluding carboxylic acids is 1. The smallest absolute Gasteiger partial charge is 0.339 e. The van der Waals surface area contributed by atoms with Crippen molar-refractivity contribution in [1.29, 1.82) is 0 Å². The summed E-state index contributed by atoms with van der Waals surface area (Å²) in [4.78, 5) is 18.7. The predicted molar refractivity (Wildman–Crippen MR) is 87.5 cm³/mol. The molecule has 1 fully saturated rings. The summed E-state index contributed by atoms with van der Waals surface area (Å²) in [5.74, 6) is 1.09. The summed E-state index contributed by atoms with van der Waals surface area (Å²) in [6.45, 7) is 6.80. The number of piperidine rings is 1. The van der Waals surface area contributed by atoms with Gasteiger partial charge in [0.25, 0.3) is 0 Å². The average Bonchev–Trinajstić information content (AvgIpc) is 2.95. The number of ether oxygens (including phenoxy) is 1. The fourth-order valence-corrected chi connectivity index (χ4v) is 3.25. The number of hydrogen-bond acceptors (Lipinski definition) is 5. The first-order valence-electron chi connectivity index (χ1n) is 8.24. The van der Waals surface area contributed by atoms with Crippen LogP contribution in [0.3, 0.4) is 0 Å². The van der Waals surface area contributed by atoms with Crippen LogP contribution >= 0.6 is 0 Å². The van der Waals surface area contributed by atoms with Gasteiger partial charge in [0.2, 0.25) is 0 Å². The highest BCUT2D eigenvalue weighted by atomic mass is 16.5. The van der Waals surface area contributed by atoms with Gasteiger partial charge in [-0.1, -0.05) is 0 Å². The van der Waals surface area contributed by atoms with E-state index in [1.165, 1.54) is 26.5 Å². The summed E-state index contributed by atoms with van der Waals surface area (Å²) in [6.07, 6.45) is 5.03. The van der Waals surface area contributed by atoms with Crippen molar-refractivity contribution >= 4 is 11.6 Å². The molecule has 6 nitrogen and oxygen atoms in total. The molecule has 23 heavy (non-hydrogen) atoms. The Hall–Kier alpha value is -1.95. The van der Waals surface area contributed by atoms with Gasteiger partial charge in [0.05, 0.1) is 12.7 Å². The summed E-state index contributed by atoms with van der Waals surface area (Å²) in [5.41, 5.74) is 1.25. The third-order valence-corrected chi connectivity index (χ3v) is 4.55. The molecule has 1 aliphatic heterocycles. The molecule has 1 atom stereocenters. The topological polar surface area (TPSA) is 59.7 Å². The number of methoxy groups -OCH3 is 1. The molecule has 0 aliphatic carbocycles. The van der Waals surface area contributed by atoms with Crippen molar-refractivity contribution in [3.63, 3.8) is 0 Å². The highest BCUT2D eigenvalue weighted by Crippen LogP contribution is 2.21. The molecule has 2 aromatic rings. The summed E-state index contributed by atoms with van der Waals surface area (Å²) in [6, 6.07) is 4.12. The minimum absolute atomic E-state index is 0.358. The van der Waals surface area contributed by atoms with Crippen molar-refractivity contribution in [2.75, 3.05) is 20.2 Å². The fraction of sp³-hybridized carbons (Fsp3) is 0.588. The zero-order valence-corrected chi connectivity index (χ0v) is 14.0. The van der Waals surface area contributed by atoms with E-state index in [4.69, 9.17) is 4.74 Å². The molecule has 0 spiro atoms. The Labute approximate surface area is 136 Å². The molecule has 3 rings (SSSR count). The average molecular weight is 316 g/mol. The maximum atomic E-state index is 11.6. The molecule has 0 radical (unpaired) electrons. The Bertz CT molecular complexity index is 695. The Kier molecular flexibility index (Phi) is 4.61. The van der Waals surface area contributed by atoms with Gasteiger partial charge in [0.15, 0.2) is 11.5 Å². The van der Waals surface area contributed by atoms with Crippen molar-refractivity contribution in [3.05, 3.63) is 29.7 Å². The summed E-state index contributed by atoms with van der Waals surface area (Å²) < 4.78 is 6.41. The van der Waals surface area contributed by atoms with Crippen LogP contribution in [0.2, 0.25) is 0 Å². The number of aromatic nitrogens is 3. The lowest BCUT2D eigenvalue weighted by Gasteiger charge is -2.35. The number of fused-ring (bicyclic) bond motifs is 1. The normalized spacial score (nSPS) is 19.4. The predicted octanol–water partition coefficient (Wildman–Crippen LogP) is 2.18. The van der Waals surface area contributed by atoms with E-state index in [0.29, 0.717) is 17.5 Å². The third kappa shape index (κ3) is 3.52. The van der Waals surface area contributed by atoms with Crippen LogP contribution in [0.5, 0.6) is 0 Å². The quantitative estimate of drug-likeness (QED) is 0.809. The molecule has 1 saturated heterocycles. The zero-order chi connectivity index (χ0) is 16.4. The molecule has 1 unspecified atom stereocenters. The molecule has 0 amide bonds. The van der Waals surface area contributed by atoms with Crippen LogP contribution in [-0.2, 0) is 11.2 Å². The van der Waals surface area contributed by atoms with Crippen molar-refractivity contribution in [2.45, 2.75) is 39.2 Å². The van der Waals surface area contributed by atoms with E-state index in [0.717, 1.165) is 24.4 Å². The number of hydrogen-bond donors (Lipinski definition) is 0. The standard InChI is InChI=1S/C17H24N4O2/c1-12(2)20-8-4-5-13(10-20)9-15-18-16-7-6-14(17(22)23-3)11-21(16)19-15/h6-7,11-13H,4-5,8-10H2,1-3H3. The molecule has 124 valence electrons. The van der Waals surface area contributed by atoms with Gasteiger partial charge < -0.3 is 9.64 Å². The first kappa shape index (κ1) is 15.9. The van der Waals surface area contributed by atoms with Crippen LogP contribution in [0.4, 0.5) is 0 Å². The first-order valence-corrected chi connectivity index (χ1v) is 8.24. The number of esters is 1. The molecular weight excluding hydrogens is 292 g/mol. The number of pyridine rings is 1. The van der Waals surface area contributed by atoms with E-state index in [1.54, 1.807) is 16.8 Å². The summed E-state index contributed by atoms with van der Waals surface area (Å²) in [7, 11) is 1.38. The molecule has 0 aromatic carbocycles. The number of likely N-dealkylation sites (tertiary alicyclic amines) is 1. The van der Waals surface area contributed by atoms with Gasteiger partial charge in [0.1, 0.15) is 0 Å². The van der Waals surface area contributed by atoms with E-state index >= 15 is 0 Å². The van der Waals surface area contributed by atoms with Crippen LogP contribution in [-0.4, -0.2) is 51.7 Å². The second-order valence-electron chi connectivity index (χ2n) is 6.54. The van der Waals surface area contributed by atoms with E-state index in [1.807, 2.05) is 6.07 Å². The second kappa shape index (κ2) is 6.66. The van der Waals surface area contributed by atoms with Crippen LogP contribution in [0.15, 0.2) is 18.3 Å². The lowest BCUT2D eigenvalue weighted by molar-refractivity contribution is 0.0600. The van der Waals surface area contributed by atoms with E-state index in [-0.39, 0.29) is 5.97 Å². The SMILES string of the molecule is COC(=O)c1ccc2nc(CC3CCCN(C(C)C)C3)nn2c1. The van der Waals surface area contributed by atoms with Crippen molar-refractivity contribution in [1.82, 2.24) is 19.5 Å². The molecular formula is C17H24N4O2. The van der Waals surface area contributed by atoms with Gasteiger partial charge in [0, 0.05) is 25.2 Å².